The maximum atomic E-state index is 12.6. The zero-order valence-corrected chi connectivity index (χ0v) is 17.2. The lowest BCUT2D eigenvalue weighted by molar-refractivity contribution is -0.115. The van der Waals surface area contributed by atoms with Gasteiger partial charge in [0.25, 0.3) is 5.91 Å². The van der Waals surface area contributed by atoms with Crippen molar-refractivity contribution in [3.8, 4) is 0 Å². The molecule has 0 spiro atoms. The van der Waals surface area contributed by atoms with E-state index in [0.29, 0.717) is 17.3 Å². The number of carbonyl (C=O) groups is 1. The van der Waals surface area contributed by atoms with Crippen molar-refractivity contribution < 1.29 is 18.0 Å². The molecule has 2 aromatic carbocycles. The summed E-state index contributed by atoms with van der Waals surface area (Å²) in [6.45, 7) is 7.09. The number of nitrogens with one attached hydrogen (secondary N) is 2. The minimum atomic E-state index is -4.34. The normalized spacial score (nSPS) is 15.3. The SMILES string of the molecule is CC(C)N1CCN(c2ccc(C(=O)Nc3ccccc3NCC(F)(F)F)cc2)CC1. The molecule has 1 aliphatic rings. The van der Waals surface area contributed by atoms with E-state index >= 15 is 0 Å². The molecule has 0 radical (unpaired) electrons. The van der Waals surface area contributed by atoms with E-state index in [1.807, 2.05) is 12.1 Å². The smallest absolute Gasteiger partial charge is 0.375 e. The Morgan fingerprint density at radius 2 is 1.57 bits per heavy atom. The average Bonchev–Trinajstić information content (AvgIpc) is 2.72. The monoisotopic (exact) mass is 420 g/mol. The van der Waals surface area contributed by atoms with Crippen LogP contribution >= 0.6 is 0 Å². The Balaban J connectivity index is 1.62. The fourth-order valence-corrected chi connectivity index (χ4v) is 3.46. The lowest BCUT2D eigenvalue weighted by atomic mass is 10.1. The van der Waals surface area contributed by atoms with Crippen molar-refractivity contribution in [2.45, 2.75) is 26.1 Å². The van der Waals surface area contributed by atoms with E-state index in [0.717, 1.165) is 31.9 Å². The van der Waals surface area contributed by atoms with Gasteiger partial charge in [0.1, 0.15) is 6.54 Å². The second-order valence-electron chi connectivity index (χ2n) is 7.63. The fraction of sp³-hybridized carbons (Fsp3) is 0.409. The molecule has 0 atom stereocenters. The van der Waals surface area contributed by atoms with Crippen LogP contribution in [0.3, 0.4) is 0 Å². The Labute approximate surface area is 174 Å². The molecule has 162 valence electrons. The third-order valence-corrected chi connectivity index (χ3v) is 5.19. The van der Waals surface area contributed by atoms with Crippen molar-refractivity contribution in [3.05, 3.63) is 54.1 Å². The first-order valence-corrected chi connectivity index (χ1v) is 10.0. The Morgan fingerprint density at radius 3 is 2.13 bits per heavy atom. The van der Waals surface area contributed by atoms with Crippen LogP contribution in [0.4, 0.5) is 30.2 Å². The first kappa shape index (κ1) is 22.0. The molecule has 5 nitrogen and oxygen atoms in total. The summed E-state index contributed by atoms with van der Waals surface area (Å²) < 4.78 is 37.5. The van der Waals surface area contributed by atoms with Gasteiger partial charge in [0.2, 0.25) is 0 Å². The minimum absolute atomic E-state index is 0.225. The van der Waals surface area contributed by atoms with Gasteiger partial charge in [0.05, 0.1) is 11.4 Å². The van der Waals surface area contributed by atoms with Gasteiger partial charge < -0.3 is 15.5 Å². The van der Waals surface area contributed by atoms with E-state index in [9.17, 15) is 18.0 Å². The third kappa shape index (κ3) is 5.89. The predicted octanol–water partition coefficient (Wildman–Crippen LogP) is 4.44. The number of carbonyl (C=O) groups excluding carboxylic acids is 1. The quantitative estimate of drug-likeness (QED) is 0.725. The van der Waals surface area contributed by atoms with Crippen LogP contribution in [-0.4, -0.2) is 55.7 Å². The van der Waals surface area contributed by atoms with Gasteiger partial charge in [-0.2, -0.15) is 13.2 Å². The standard InChI is InChI=1S/C22H27F3N4O/c1-16(2)28-11-13-29(14-12-28)18-9-7-17(8-10-18)21(30)27-20-6-4-3-5-19(20)26-15-22(23,24)25/h3-10,16,26H,11-15H2,1-2H3,(H,27,30). The van der Waals surface area contributed by atoms with Crippen molar-refractivity contribution in [3.63, 3.8) is 0 Å². The molecule has 0 saturated carbocycles. The first-order valence-electron chi connectivity index (χ1n) is 10.0. The summed E-state index contributed by atoms with van der Waals surface area (Å²) in [4.78, 5) is 17.3. The molecular formula is C22H27F3N4O. The van der Waals surface area contributed by atoms with Gasteiger partial charge in [0, 0.05) is 43.5 Å². The molecule has 1 amide bonds. The van der Waals surface area contributed by atoms with Crippen LogP contribution in [0.25, 0.3) is 0 Å². The highest BCUT2D eigenvalue weighted by Gasteiger charge is 2.27. The molecule has 0 aliphatic carbocycles. The molecule has 2 N–H and O–H groups in total. The molecule has 8 heteroatoms. The largest absolute Gasteiger partial charge is 0.405 e. The van der Waals surface area contributed by atoms with Crippen molar-refractivity contribution in [1.82, 2.24) is 4.90 Å². The molecule has 1 heterocycles. The highest BCUT2D eigenvalue weighted by atomic mass is 19.4. The van der Waals surface area contributed by atoms with Gasteiger partial charge in [-0.3, -0.25) is 9.69 Å². The number of hydrogen-bond acceptors (Lipinski definition) is 4. The number of halogens is 3. The molecule has 1 saturated heterocycles. The molecule has 1 aliphatic heterocycles. The highest BCUT2D eigenvalue weighted by molar-refractivity contribution is 6.06. The minimum Gasteiger partial charge on any atom is -0.375 e. The summed E-state index contributed by atoms with van der Waals surface area (Å²) in [5.74, 6) is -0.368. The number of hydrogen-bond donors (Lipinski definition) is 2. The van der Waals surface area contributed by atoms with Crippen LogP contribution in [0.1, 0.15) is 24.2 Å². The van der Waals surface area contributed by atoms with Crippen LogP contribution in [0.2, 0.25) is 0 Å². The Bertz CT molecular complexity index is 844. The second-order valence-corrected chi connectivity index (χ2v) is 7.63. The Kier molecular flexibility index (Phi) is 6.87. The van der Waals surface area contributed by atoms with E-state index in [2.05, 4.69) is 34.3 Å². The summed E-state index contributed by atoms with van der Waals surface area (Å²) in [5, 5.41) is 5.01. The summed E-state index contributed by atoms with van der Waals surface area (Å²) in [5.41, 5.74) is 2.04. The molecule has 1 fully saturated rings. The van der Waals surface area contributed by atoms with Crippen LogP contribution in [0.5, 0.6) is 0 Å². The fourth-order valence-electron chi connectivity index (χ4n) is 3.46. The van der Waals surface area contributed by atoms with Crippen molar-refractivity contribution in [2.75, 3.05) is 48.3 Å². The number of alkyl halides is 3. The molecule has 30 heavy (non-hydrogen) atoms. The van der Waals surface area contributed by atoms with Gasteiger partial charge in [0.15, 0.2) is 0 Å². The number of piperazine rings is 1. The van der Waals surface area contributed by atoms with Gasteiger partial charge in [-0.25, -0.2) is 0 Å². The van der Waals surface area contributed by atoms with Crippen LogP contribution in [0, 0.1) is 0 Å². The predicted molar refractivity (Wildman–Crippen MR) is 114 cm³/mol. The summed E-state index contributed by atoms with van der Waals surface area (Å²) >= 11 is 0. The van der Waals surface area contributed by atoms with Crippen molar-refractivity contribution in [2.24, 2.45) is 0 Å². The zero-order chi connectivity index (χ0) is 21.7. The number of rotatable bonds is 6. The van der Waals surface area contributed by atoms with Gasteiger partial charge in [-0.1, -0.05) is 12.1 Å². The van der Waals surface area contributed by atoms with E-state index in [-0.39, 0.29) is 11.6 Å². The average molecular weight is 420 g/mol. The molecule has 0 bridgehead atoms. The van der Waals surface area contributed by atoms with Gasteiger partial charge in [-0.15, -0.1) is 0 Å². The number of nitrogens with zero attached hydrogens (tertiary/aromatic N) is 2. The van der Waals surface area contributed by atoms with Crippen LogP contribution in [-0.2, 0) is 0 Å². The second kappa shape index (κ2) is 9.38. The molecule has 0 unspecified atom stereocenters. The number of para-hydroxylation sites is 2. The zero-order valence-electron chi connectivity index (χ0n) is 17.2. The summed E-state index contributed by atoms with van der Waals surface area (Å²) in [6.07, 6.45) is -4.34. The summed E-state index contributed by atoms with van der Waals surface area (Å²) in [6, 6.07) is 14.2. The summed E-state index contributed by atoms with van der Waals surface area (Å²) in [7, 11) is 0. The van der Waals surface area contributed by atoms with Gasteiger partial charge >= 0.3 is 6.18 Å². The number of anilines is 3. The molecule has 3 rings (SSSR count). The molecular weight excluding hydrogens is 393 g/mol. The topological polar surface area (TPSA) is 47.6 Å². The van der Waals surface area contributed by atoms with E-state index < -0.39 is 12.7 Å². The molecule has 2 aromatic rings. The van der Waals surface area contributed by atoms with Crippen molar-refractivity contribution in [1.29, 1.82) is 0 Å². The van der Waals surface area contributed by atoms with Crippen LogP contribution < -0.4 is 15.5 Å². The Hall–Kier alpha value is -2.74. The lowest BCUT2D eigenvalue weighted by Crippen LogP contribution is -2.48. The molecule has 0 aromatic heterocycles. The lowest BCUT2D eigenvalue weighted by Gasteiger charge is -2.38. The van der Waals surface area contributed by atoms with E-state index in [1.54, 1.807) is 30.3 Å². The highest BCUT2D eigenvalue weighted by Crippen LogP contribution is 2.25. The number of benzene rings is 2. The van der Waals surface area contributed by atoms with E-state index in [4.69, 9.17) is 0 Å². The van der Waals surface area contributed by atoms with Crippen LogP contribution in [0.15, 0.2) is 48.5 Å². The Morgan fingerprint density at radius 1 is 0.967 bits per heavy atom. The first-order chi connectivity index (χ1) is 14.2. The van der Waals surface area contributed by atoms with Gasteiger partial charge in [-0.05, 0) is 50.2 Å². The van der Waals surface area contributed by atoms with Crippen molar-refractivity contribution >= 4 is 23.0 Å². The maximum absolute atomic E-state index is 12.6. The number of amides is 1. The third-order valence-electron chi connectivity index (χ3n) is 5.19. The van der Waals surface area contributed by atoms with E-state index in [1.165, 1.54) is 6.07 Å². The maximum Gasteiger partial charge on any atom is 0.405 e.